The maximum Gasteiger partial charge on any atom is 0.0411 e. The third-order valence-electron chi connectivity index (χ3n) is 3.21. The number of hydrogen-bond acceptors (Lipinski definition) is 1. The number of benzene rings is 1. The summed E-state index contributed by atoms with van der Waals surface area (Å²) in [5.41, 5.74) is 4.41. The highest BCUT2D eigenvalue weighted by Gasteiger charge is 2.23. The molecule has 0 saturated heterocycles. The van der Waals surface area contributed by atoms with Crippen molar-refractivity contribution in [1.82, 2.24) is 0 Å². The van der Waals surface area contributed by atoms with Gasteiger partial charge in [-0.1, -0.05) is 39.0 Å². The van der Waals surface area contributed by atoms with Crippen LogP contribution in [0.4, 0.5) is 5.69 Å². The summed E-state index contributed by atoms with van der Waals surface area (Å²) in [5, 5.41) is 3.55. The van der Waals surface area contributed by atoms with Crippen LogP contribution in [0, 0.1) is 0 Å². The Balaban J connectivity index is 2.44. The smallest absolute Gasteiger partial charge is 0.0411 e. The molecule has 1 aliphatic heterocycles. The first kappa shape index (κ1) is 9.57. The van der Waals surface area contributed by atoms with Crippen LogP contribution < -0.4 is 5.32 Å². The van der Waals surface area contributed by atoms with E-state index in [0.717, 1.165) is 12.5 Å². The largest absolute Gasteiger partial charge is 0.384 e. The summed E-state index contributed by atoms with van der Waals surface area (Å²) in [5.74, 6) is 1.34. The molecule has 14 heavy (non-hydrogen) atoms. The molecular weight excluding hydrogens is 170 g/mol. The monoisotopic (exact) mass is 189 g/mol. The van der Waals surface area contributed by atoms with E-state index in [0.29, 0.717) is 5.92 Å². The normalized spacial score (nSPS) is 19.6. The lowest BCUT2D eigenvalue weighted by atomic mass is 9.93. The summed E-state index contributed by atoms with van der Waals surface area (Å²) in [6.45, 7) is 7.91. The first-order valence-electron chi connectivity index (χ1n) is 5.60. The van der Waals surface area contributed by atoms with Crippen LogP contribution in [0.3, 0.4) is 0 Å². The van der Waals surface area contributed by atoms with E-state index in [4.69, 9.17) is 0 Å². The summed E-state index contributed by atoms with van der Waals surface area (Å²) in [4.78, 5) is 0. The number of hydrogen-bond donors (Lipinski definition) is 1. The fraction of sp³-hybridized carbons (Fsp3) is 0.538. The summed E-state index contributed by atoms with van der Waals surface area (Å²) in [6, 6.07) is 6.72. The van der Waals surface area contributed by atoms with Gasteiger partial charge < -0.3 is 5.32 Å². The Morgan fingerprint density at radius 1 is 1.43 bits per heavy atom. The molecule has 0 saturated carbocycles. The SMILES string of the molecule is CCC1CNc2c(C(C)C)cccc21. The average Bonchev–Trinajstić information content (AvgIpc) is 2.59. The molecule has 1 atom stereocenters. The standard InChI is InChI=1S/C13H19N/c1-4-10-8-14-13-11(9(2)3)6-5-7-12(10)13/h5-7,9-10,14H,4,8H2,1-3H3. The Kier molecular flexibility index (Phi) is 2.49. The summed E-state index contributed by atoms with van der Waals surface area (Å²) < 4.78 is 0. The van der Waals surface area contributed by atoms with Gasteiger partial charge in [0.2, 0.25) is 0 Å². The number of rotatable bonds is 2. The second-order valence-electron chi connectivity index (χ2n) is 4.45. The van der Waals surface area contributed by atoms with Crippen LogP contribution in [0.2, 0.25) is 0 Å². The third-order valence-corrected chi connectivity index (χ3v) is 3.21. The first-order valence-corrected chi connectivity index (χ1v) is 5.60. The Labute approximate surface area is 86.5 Å². The molecule has 1 nitrogen and oxygen atoms in total. The maximum absolute atomic E-state index is 3.55. The predicted octanol–water partition coefficient (Wildman–Crippen LogP) is 3.73. The molecule has 1 unspecified atom stereocenters. The number of anilines is 1. The van der Waals surface area contributed by atoms with E-state index >= 15 is 0 Å². The lowest BCUT2D eigenvalue weighted by molar-refractivity contribution is 0.727. The summed E-state index contributed by atoms with van der Waals surface area (Å²) in [7, 11) is 0. The van der Waals surface area contributed by atoms with Crippen LogP contribution >= 0.6 is 0 Å². The van der Waals surface area contributed by atoms with Crippen molar-refractivity contribution in [2.75, 3.05) is 11.9 Å². The molecule has 1 aliphatic rings. The van der Waals surface area contributed by atoms with E-state index in [-0.39, 0.29) is 0 Å². The number of nitrogens with one attached hydrogen (secondary N) is 1. The van der Waals surface area contributed by atoms with Gasteiger partial charge >= 0.3 is 0 Å². The van der Waals surface area contributed by atoms with Crippen molar-refractivity contribution in [2.45, 2.75) is 39.0 Å². The highest BCUT2D eigenvalue weighted by atomic mass is 14.9. The minimum atomic E-state index is 0.619. The Morgan fingerprint density at radius 3 is 2.86 bits per heavy atom. The lowest BCUT2D eigenvalue weighted by Crippen LogP contribution is -2.00. The minimum Gasteiger partial charge on any atom is -0.384 e. The molecule has 0 radical (unpaired) electrons. The van der Waals surface area contributed by atoms with Crippen LogP contribution in [0.5, 0.6) is 0 Å². The zero-order valence-corrected chi connectivity index (χ0v) is 9.30. The molecule has 1 aromatic rings. The fourth-order valence-corrected chi connectivity index (χ4v) is 2.31. The van der Waals surface area contributed by atoms with Gasteiger partial charge in [0.25, 0.3) is 0 Å². The van der Waals surface area contributed by atoms with Crippen LogP contribution in [0.25, 0.3) is 0 Å². The van der Waals surface area contributed by atoms with Crippen LogP contribution in [-0.4, -0.2) is 6.54 Å². The molecule has 1 heterocycles. The van der Waals surface area contributed by atoms with Gasteiger partial charge in [0, 0.05) is 18.2 Å². The maximum atomic E-state index is 3.55. The quantitative estimate of drug-likeness (QED) is 0.747. The second-order valence-corrected chi connectivity index (χ2v) is 4.45. The van der Waals surface area contributed by atoms with E-state index < -0.39 is 0 Å². The molecule has 0 amide bonds. The molecule has 0 aromatic heterocycles. The van der Waals surface area contributed by atoms with Gasteiger partial charge in [-0.25, -0.2) is 0 Å². The summed E-state index contributed by atoms with van der Waals surface area (Å²) >= 11 is 0. The summed E-state index contributed by atoms with van der Waals surface area (Å²) in [6.07, 6.45) is 1.24. The predicted molar refractivity (Wildman–Crippen MR) is 62.1 cm³/mol. The van der Waals surface area contributed by atoms with Gasteiger partial charge in [0.1, 0.15) is 0 Å². The molecule has 0 bridgehead atoms. The van der Waals surface area contributed by atoms with Crippen LogP contribution in [0.1, 0.15) is 50.2 Å². The van der Waals surface area contributed by atoms with Crippen molar-refractivity contribution in [2.24, 2.45) is 0 Å². The molecule has 0 spiro atoms. The average molecular weight is 189 g/mol. The number of fused-ring (bicyclic) bond motifs is 1. The minimum absolute atomic E-state index is 0.619. The van der Waals surface area contributed by atoms with Crippen molar-refractivity contribution in [3.05, 3.63) is 29.3 Å². The van der Waals surface area contributed by atoms with Gasteiger partial charge in [-0.15, -0.1) is 0 Å². The topological polar surface area (TPSA) is 12.0 Å². The third kappa shape index (κ3) is 1.41. The molecule has 1 N–H and O–H groups in total. The Hall–Kier alpha value is -0.980. The zero-order chi connectivity index (χ0) is 10.1. The van der Waals surface area contributed by atoms with Gasteiger partial charge in [-0.05, 0) is 23.5 Å². The van der Waals surface area contributed by atoms with E-state index in [2.05, 4.69) is 44.3 Å². The van der Waals surface area contributed by atoms with Crippen molar-refractivity contribution in [3.8, 4) is 0 Å². The van der Waals surface area contributed by atoms with E-state index in [1.807, 2.05) is 0 Å². The van der Waals surface area contributed by atoms with Gasteiger partial charge in [0.15, 0.2) is 0 Å². The van der Waals surface area contributed by atoms with Crippen LogP contribution in [0.15, 0.2) is 18.2 Å². The molecule has 1 aromatic carbocycles. The molecule has 0 fully saturated rings. The molecule has 2 rings (SSSR count). The van der Waals surface area contributed by atoms with Gasteiger partial charge in [-0.2, -0.15) is 0 Å². The zero-order valence-electron chi connectivity index (χ0n) is 9.30. The molecule has 1 heteroatoms. The Morgan fingerprint density at radius 2 is 2.21 bits per heavy atom. The van der Waals surface area contributed by atoms with Gasteiger partial charge in [0.05, 0.1) is 0 Å². The van der Waals surface area contributed by atoms with E-state index in [9.17, 15) is 0 Å². The highest BCUT2D eigenvalue weighted by Crippen LogP contribution is 2.38. The molecular formula is C13H19N. The van der Waals surface area contributed by atoms with Crippen molar-refractivity contribution in [3.63, 3.8) is 0 Å². The number of para-hydroxylation sites is 1. The molecule has 76 valence electrons. The fourth-order valence-electron chi connectivity index (χ4n) is 2.31. The second kappa shape index (κ2) is 3.64. The van der Waals surface area contributed by atoms with Gasteiger partial charge in [-0.3, -0.25) is 0 Å². The van der Waals surface area contributed by atoms with Crippen molar-refractivity contribution in [1.29, 1.82) is 0 Å². The van der Waals surface area contributed by atoms with Crippen molar-refractivity contribution >= 4 is 5.69 Å². The lowest BCUT2D eigenvalue weighted by Gasteiger charge is -2.12. The van der Waals surface area contributed by atoms with Crippen molar-refractivity contribution < 1.29 is 0 Å². The Bertz CT molecular complexity index is 328. The first-order chi connectivity index (χ1) is 6.74. The highest BCUT2D eigenvalue weighted by molar-refractivity contribution is 5.63. The van der Waals surface area contributed by atoms with Crippen LogP contribution in [-0.2, 0) is 0 Å². The molecule has 0 aliphatic carbocycles. The van der Waals surface area contributed by atoms with E-state index in [1.165, 1.54) is 23.2 Å². The van der Waals surface area contributed by atoms with E-state index in [1.54, 1.807) is 0 Å².